The molecule has 3 aromatic rings. The van der Waals surface area contributed by atoms with E-state index in [1.165, 1.54) is 24.3 Å². The van der Waals surface area contributed by atoms with Crippen molar-refractivity contribution in [1.82, 2.24) is 0 Å². The van der Waals surface area contributed by atoms with Crippen molar-refractivity contribution in [3.8, 4) is 0 Å². The summed E-state index contributed by atoms with van der Waals surface area (Å²) in [5, 5.41) is 0.846. The summed E-state index contributed by atoms with van der Waals surface area (Å²) >= 11 is 0. The maximum Gasteiger partial charge on any atom is 0.346 e. The van der Waals surface area contributed by atoms with Gasteiger partial charge in [0.15, 0.2) is 0 Å². The fraction of sp³-hybridized carbons (Fsp3) is 0.0526. The Morgan fingerprint density at radius 3 is 2.19 bits per heavy atom. The number of hydrogen-bond acceptors (Lipinski definition) is 5. The van der Waals surface area contributed by atoms with E-state index >= 15 is 0 Å². The standard InChI is InChI=1S/C19H13NO5S/c1-11-5-7-12(8-6-11)26(23,24)20-16-10-9-15-17-13(16)3-2-4-14(17)18(21)25-19(15)22/h2-10,20H,1H3. The molecule has 0 aliphatic carbocycles. The molecule has 0 atom stereocenters. The molecule has 0 unspecified atom stereocenters. The summed E-state index contributed by atoms with van der Waals surface area (Å²) in [7, 11) is -3.81. The second-order valence-corrected chi connectivity index (χ2v) is 7.67. The summed E-state index contributed by atoms with van der Waals surface area (Å²) in [5.41, 5.74) is 1.69. The molecule has 4 rings (SSSR count). The van der Waals surface area contributed by atoms with Gasteiger partial charge in [-0.2, -0.15) is 0 Å². The zero-order valence-electron chi connectivity index (χ0n) is 13.6. The summed E-state index contributed by atoms with van der Waals surface area (Å²) in [6.07, 6.45) is 0. The van der Waals surface area contributed by atoms with Crippen LogP contribution in [0.15, 0.2) is 59.5 Å². The molecule has 6 nitrogen and oxygen atoms in total. The van der Waals surface area contributed by atoms with Gasteiger partial charge in [0.1, 0.15) is 0 Å². The number of anilines is 1. The highest BCUT2D eigenvalue weighted by Crippen LogP contribution is 2.34. The van der Waals surface area contributed by atoms with Crippen molar-refractivity contribution in [2.45, 2.75) is 11.8 Å². The first kappa shape index (κ1) is 16.3. The maximum absolute atomic E-state index is 12.7. The Morgan fingerprint density at radius 2 is 1.50 bits per heavy atom. The molecule has 1 aliphatic heterocycles. The summed E-state index contributed by atoms with van der Waals surface area (Å²) in [4.78, 5) is 24.0. The molecule has 0 saturated carbocycles. The van der Waals surface area contributed by atoms with Gasteiger partial charge in [-0.05, 0) is 37.3 Å². The van der Waals surface area contributed by atoms with Crippen LogP contribution in [0, 0.1) is 6.92 Å². The van der Waals surface area contributed by atoms with E-state index in [0.717, 1.165) is 5.56 Å². The van der Waals surface area contributed by atoms with Crippen LogP contribution in [0.25, 0.3) is 10.8 Å². The average molecular weight is 367 g/mol. The van der Waals surface area contributed by atoms with Crippen LogP contribution in [-0.4, -0.2) is 20.4 Å². The van der Waals surface area contributed by atoms with Crippen molar-refractivity contribution in [3.63, 3.8) is 0 Å². The van der Waals surface area contributed by atoms with Crippen LogP contribution >= 0.6 is 0 Å². The van der Waals surface area contributed by atoms with Crippen LogP contribution < -0.4 is 4.72 Å². The van der Waals surface area contributed by atoms with Gasteiger partial charge in [0.25, 0.3) is 10.0 Å². The van der Waals surface area contributed by atoms with E-state index in [2.05, 4.69) is 4.72 Å². The molecule has 0 bridgehead atoms. The molecule has 0 radical (unpaired) electrons. The number of esters is 2. The first-order valence-corrected chi connectivity index (χ1v) is 9.27. The first-order chi connectivity index (χ1) is 12.4. The highest BCUT2D eigenvalue weighted by atomic mass is 32.2. The maximum atomic E-state index is 12.7. The Hall–Kier alpha value is -3.19. The minimum absolute atomic E-state index is 0.124. The van der Waals surface area contributed by atoms with Crippen molar-refractivity contribution >= 4 is 38.4 Å². The van der Waals surface area contributed by atoms with Gasteiger partial charge in [-0.1, -0.05) is 29.8 Å². The molecule has 1 heterocycles. The Kier molecular flexibility index (Phi) is 3.55. The largest absolute Gasteiger partial charge is 0.386 e. The highest BCUT2D eigenvalue weighted by molar-refractivity contribution is 7.92. The van der Waals surface area contributed by atoms with Crippen molar-refractivity contribution in [2.24, 2.45) is 0 Å². The van der Waals surface area contributed by atoms with Crippen LogP contribution in [-0.2, 0) is 14.8 Å². The smallest absolute Gasteiger partial charge is 0.346 e. The van der Waals surface area contributed by atoms with E-state index in [1.54, 1.807) is 30.3 Å². The monoisotopic (exact) mass is 367 g/mol. The number of hydrogen-bond donors (Lipinski definition) is 1. The fourth-order valence-corrected chi connectivity index (χ4v) is 4.03. The molecule has 0 spiro atoms. The van der Waals surface area contributed by atoms with Gasteiger partial charge in [-0.3, -0.25) is 4.72 Å². The zero-order chi connectivity index (χ0) is 18.5. The van der Waals surface area contributed by atoms with Gasteiger partial charge in [0.05, 0.1) is 21.7 Å². The van der Waals surface area contributed by atoms with E-state index in [9.17, 15) is 18.0 Å². The minimum Gasteiger partial charge on any atom is -0.386 e. The van der Waals surface area contributed by atoms with E-state index < -0.39 is 22.0 Å². The molecule has 0 fully saturated rings. The van der Waals surface area contributed by atoms with E-state index in [1.807, 2.05) is 6.92 Å². The predicted molar refractivity (Wildman–Crippen MR) is 95.7 cm³/mol. The molecule has 1 N–H and O–H groups in total. The van der Waals surface area contributed by atoms with Gasteiger partial charge in [-0.15, -0.1) is 0 Å². The van der Waals surface area contributed by atoms with Crippen molar-refractivity contribution in [3.05, 3.63) is 71.3 Å². The molecule has 7 heteroatoms. The Balaban J connectivity index is 1.87. The molecule has 1 aliphatic rings. The third kappa shape index (κ3) is 2.53. The minimum atomic E-state index is -3.81. The number of aryl methyl sites for hydroxylation is 1. The first-order valence-electron chi connectivity index (χ1n) is 7.78. The van der Waals surface area contributed by atoms with E-state index in [4.69, 9.17) is 4.74 Å². The Labute approximate surface area is 149 Å². The van der Waals surface area contributed by atoms with Gasteiger partial charge >= 0.3 is 11.9 Å². The molecule has 26 heavy (non-hydrogen) atoms. The lowest BCUT2D eigenvalue weighted by atomic mass is 9.96. The van der Waals surface area contributed by atoms with Crippen LogP contribution in [0.4, 0.5) is 5.69 Å². The molecular weight excluding hydrogens is 354 g/mol. The summed E-state index contributed by atoms with van der Waals surface area (Å²) in [6.45, 7) is 1.87. The quantitative estimate of drug-likeness (QED) is 0.567. The molecule has 130 valence electrons. The van der Waals surface area contributed by atoms with Crippen molar-refractivity contribution < 1.29 is 22.7 Å². The van der Waals surface area contributed by atoms with Gasteiger partial charge < -0.3 is 4.74 Å². The highest BCUT2D eigenvalue weighted by Gasteiger charge is 2.28. The van der Waals surface area contributed by atoms with Crippen LogP contribution in [0.1, 0.15) is 26.3 Å². The summed E-state index contributed by atoms with van der Waals surface area (Å²) in [6, 6.07) is 14.2. The fourth-order valence-electron chi connectivity index (χ4n) is 2.95. The molecule has 0 amide bonds. The number of benzene rings is 3. The van der Waals surface area contributed by atoms with Gasteiger partial charge in [0, 0.05) is 10.8 Å². The van der Waals surface area contributed by atoms with Crippen LogP contribution in [0.2, 0.25) is 0 Å². The number of ether oxygens (including phenoxy) is 1. The number of nitrogens with one attached hydrogen (secondary N) is 1. The molecule has 0 aromatic heterocycles. The topological polar surface area (TPSA) is 89.5 Å². The Morgan fingerprint density at radius 1 is 0.846 bits per heavy atom. The van der Waals surface area contributed by atoms with Crippen molar-refractivity contribution in [1.29, 1.82) is 0 Å². The molecular formula is C19H13NO5S. The van der Waals surface area contributed by atoms with E-state index in [0.29, 0.717) is 10.8 Å². The number of carbonyl (C=O) groups is 2. The Bertz CT molecular complexity index is 1160. The second-order valence-electron chi connectivity index (χ2n) is 5.98. The van der Waals surface area contributed by atoms with Gasteiger partial charge in [0.2, 0.25) is 0 Å². The average Bonchev–Trinajstić information content (AvgIpc) is 2.60. The number of rotatable bonds is 3. The van der Waals surface area contributed by atoms with Crippen LogP contribution in [0.3, 0.4) is 0 Å². The molecule has 3 aromatic carbocycles. The van der Waals surface area contributed by atoms with Gasteiger partial charge in [-0.25, -0.2) is 18.0 Å². The number of sulfonamides is 1. The third-order valence-electron chi connectivity index (χ3n) is 4.24. The zero-order valence-corrected chi connectivity index (χ0v) is 14.5. The summed E-state index contributed by atoms with van der Waals surface area (Å²) < 4.78 is 32.6. The van der Waals surface area contributed by atoms with E-state index in [-0.39, 0.29) is 21.7 Å². The SMILES string of the molecule is Cc1ccc(S(=O)(=O)Nc2ccc3c4c(cccc24)C(=O)OC3=O)cc1. The number of cyclic esters (lactones) is 2. The van der Waals surface area contributed by atoms with Crippen LogP contribution in [0.5, 0.6) is 0 Å². The normalized spacial score (nSPS) is 13.6. The summed E-state index contributed by atoms with van der Waals surface area (Å²) in [5.74, 6) is -1.49. The lowest BCUT2D eigenvalue weighted by molar-refractivity contribution is 0.0391. The lowest BCUT2D eigenvalue weighted by Crippen LogP contribution is -2.20. The number of carbonyl (C=O) groups excluding carboxylic acids is 2. The third-order valence-corrected chi connectivity index (χ3v) is 5.62. The lowest BCUT2D eigenvalue weighted by Gasteiger charge is -2.18. The second kappa shape index (κ2) is 5.67. The molecule has 0 saturated heterocycles. The van der Waals surface area contributed by atoms with Crippen molar-refractivity contribution in [2.75, 3.05) is 4.72 Å². The predicted octanol–water partition coefficient (Wildman–Crippen LogP) is 3.26.